The molecule has 1 atom stereocenters. The summed E-state index contributed by atoms with van der Waals surface area (Å²) in [4.78, 5) is 9.07. The van der Waals surface area contributed by atoms with Crippen LogP contribution in [0.5, 0.6) is 0 Å². The molecule has 0 aliphatic carbocycles. The number of aromatic nitrogens is 2. The molecule has 2 aromatic heterocycles. The molecule has 1 unspecified atom stereocenters. The van der Waals surface area contributed by atoms with E-state index in [9.17, 15) is 4.39 Å². The Kier molecular flexibility index (Phi) is 6.53. The Morgan fingerprint density at radius 3 is 2.39 bits per heavy atom. The number of benzene rings is 1. The van der Waals surface area contributed by atoms with E-state index >= 15 is 0 Å². The molecule has 0 fully saturated rings. The van der Waals surface area contributed by atoms with Crippen molar-refractivity contribution in [1.82, 2.24) is 9.97 Å². The zero-order valence-corrected chi connectivity index (χ0v) is 17.5. The van der Waals surface area contributed by atoms with Crippen LogP contribution in [0.25, 0.3) is 22.5 Å². The summed E-state index contributed by atoms with van der Waals surface area (Å²) in [6, 6.07) is 12.0. The molecule has 3 nitrogen and oxygen atoms in total. The maximum Gasteiger partial charge on any atom is 0.136 e. The topological polar surface area (TPSA) is 37.8 Å². The van der Waals surface area contributed by atoms with Gasteiger partial charge in [-0.15, -0.1) is 0 Å². The van der Waals surface area contributed by atoms with Crippen molar-refractivity contribution in [3.63, 3.8) is 0 Å². The summed E-state index contributed by atoms with van der Waals surface area (Å²) < 4.78 is 14.7. The second-order valence-electron chi connectivity index (χ2n) is 7.20. The number of halogens is 3. The van der Waals surface area contributed by atoms with E-state index in [1.54, 1.807) is 24.4 Å². The second kappa shape index (κ2) is 8.89. The highest BCUT2D eigenvalue weighted by Gasteiger charge is 2.21. The van der Waals surface area contributed by atoms with E-state index < -0.39 is 5.82 Å². The molecule has 1 aromatic carbocycles. The van der Waals surface area contributed by atoms with Gasteiger partial charge in [0, 0.05) is 23.4 Å². The summed E-state index contributed by atoms with van der Waals surface area (Å²) in [5.41, 5.74) is 2.00. The maximum absolute atomic E-state index is 14.7. The molecule has 0 aliphatic heterocycles. The van der Waals surface area contributed by atoms with Crippen molar-refractivity contribution >= 4 is 29.0 Å². The Balaban J connectivity index is 2.17. The van der Waals surface area contributed by atoms with E-state index in [4.69, 9.17) is 28.2 Å². The molecule has 0 amide bonds. The monoisotopic (exact) mass is 417 g/mol. The first-order valence-electron chi connectivity index (χ1n) is 9.19. The van der Waals surface area contributed by atoms with Crippen molar-refractivity contribution in [3.8, 4) is 22.5 Å². The highest BCUT2D eigenvalue weighted by Crippen LogP contribution is 2.41. The van der Waals surface area contributed by atoms with Gasteiger partial charge in [0.05, 0.1) is 21.4 Å². The number of nitrogens with one attached hydrogen (secondary N) is 1. The van der Waals surface area contributed by atoms with Crippen molar-refractivity contribution < 1.29 is 4.39 Å². The van der Waals surface area contributed by atoms with E-state index in [-0.39, 0.29) is 16.6 Å². The molecular formula is C22H22Cl2FN3. The van der Waals surface area contributed by atoms with Gasteiger partial charge >= 0.3 is 0 Å². The van der Waals surface area contributed by atoms with Gasteiger partial charge in [0.1, 0.15) is 11.6 Å². The fraction of sp³-hybridized carbons (Fsp3) is 0.273. The van der Waals surface area contributed by atoms with Crippen LogP contribution in [-0.2, 0) is 0 Å². The minimum Gasteiger partial charge on any atom is -0.367 e. The van der Waals surface area contributed by atoms with Gasteiger partial charge < -0.3 is 5.32 Å². The lowest BCUT2D eigenvalue weighted by atomic mass is 10.0. The first-order valence-corrected chi connectivity index (χ1v) is 9.95. The summed E-state index contributed by atoms with van der Waals surface area (Å²) >= 11 is 12.9. The summed E-state index contributed by atoms with van der Waals surface area (Å²) in [6.07, 6.45) is 2.62. The van der Waals surface area contributed by atoms with Gasteiger partial charge in [0.25, 0.3) is 0 Å². The molecule has 3 rings (SSSR count). The number of rotatable bonds is 6. The van der Waals surface area contributed by atoms with Gasteiger partial charge in [0.2, 0.25) is 0 Å². The van der Waals surface area contributed by atoms with Crippen molar-refractivity contribution in [3.05, 3.63) is 64.5 Å². The minimum absolute atomic E-state index is 0.117. The fourth-order valence-corrected chi connectivity index (χ4v) is 3.78. The van der Waals surface area contributed by atoms with Crippen LogP contribution in [0.4, 0.5) is 10.2 Å². The van der Waals surface area contributed by atoms with Gasteiger partial charge in [-0.1, -0.05) is 49.2 Å². The third-order valence-corrected chi connectivity index (χ3v) is 4.93. The molecule has 0 spiro atoms. The largest absolute Gasteiger partial charge is 0.367 e. The predicted octanol–water partition coefficient (Wildman–Crippen LogP) is 7.10. The summed E-state index contributed by atoms with van der Waals surface area (Å²) in [6.45, 7) is 6.37. The van der Waals surface area contributed by atoms with E-state index in [2.05, 4.69) is 31.1 Å². The number of hydrogen-bond acceptors (Lipinski definition) is 3. The first kappa shape index (κ1) is 20.6. The summed E-state index contributed by atoms with van der Waals surface area (Å²) in [7, 11) is 0. The molecular weight excluding hydrogens is 396 g/mol. The lowest BCUT2D eigenvalue weighted by Gasteiger charge is -2.21. The number of pyridine rings is 2. The average Bonchev–Trinajstić information content (AvgIpc) is 2.63. The first-order chi connectivity index (χ1) is 13.4. The third kappa shape index (κ3) is 4.62. The molecule has 2 heterocycles. The predicted molar refractivity (Wildman–Crippen MR) is 115 cm³/mol. The van der Waals surface area contributed by atoms with Crippen LogP contribution in [0.15, 0.2) is 48.7 Å². The quantitative estimate of drug-likeness (QED) is 0.464. The smallest absolute Gasteiger partial charge is 0.136 e. The Bertz CT molecular complexity index is 941. The molecule has 0 saturated carbocycles. The Hall–Kier alpha value is -2.17. The maximum atomic E-state index is 14.7. The minimum atomic E-state index is -0.443. The fourth-order valence-electron chi connectivity index (χ4n) is 3.24. The molecule has 146 valence electrons. The summed E-state index contributed by atoms with van der Waals surface area (Å²) in [5.74, 6) is 0.548. The molecule has 3 aromatic rings. The molecule has 0 radical (unpaired) electrons. The normalized spacial score (nSPS) is 12.2. The highest BCUT2D eigenvalue weighted by molar-refractivity contribution is 6.37. The number of anilines is 1. The Labute approximate surface area is 174 Å². The zero-order chi connectivity index (χ0) is 20.3. The van der Waals surface area contributed by atoms with Crippen molar-refractivity contribution in [2.45, 2.75) is 33.2 Å². The highest BCUT2D eigenvalue weighted by atomic mass is 35.5. The number of nitrogens with zero attached hydrogens (tertiary/aromatic N) is 2. The molecule has 0 aliphatic rings. The van der Waals surface area contributed by atoms with Crippen LogP contribution >= 0.6 is 23.2 Å². The van der Waals surface area contributed by atoms with Crippen molar-refractivity contribution in [2.75, 3.05) is 5.32 Å². The molecule has 0 bridgehead atoms. The van der Waals surface area contributed by atoms with Gasteiger partial charge in [-0.25, -0.2) is 9.37 Å². The van der Waals surface area contributed by atoms with Crippen LogP contribution in [0.2, 0.25) is 10.0 Å². The standard InChI is InChI=1S/C22H22Cl2FN3/c1-13(2)11-14(3)27-22-21(20-15(23)7-6-8-17(20)25)16(24)12-19(28-22)18-9-4-5-10-26-18/h4-10,12-14H,11H2,1-3H3,(H,27,28). The van der Waals surface area contributed by atoms with Gasteiger partial charge in [-0.2, -0.15) is 0 Å². The lowest BCUT2D eigenvalue weighted by Crippen LogP contribution is -2.19. The van der Waals surface area contributed by atoms with Crippen LogP contribution < -0.4 is 5.32 Å². The molecule has 1 N–H and O–H groups in total. The van der Waals surface area contributed by atoms with Gasteiger partial charge in [0.15, 0.2) is 0 Å². The van der Waals surface area contributed by atoms with Crippen LogP contribution in [0.3, 0.4) is 0 Å². The van der Waals surface area contributed by atoms with Crippen LogP contribution in [-0.4, -0.2) is 16.0 Å². The lowest BCUT2D eigenvalue weighted by molar-refractivity contribution is 0.539. The second-order valence-corrected chi connectivity index (χ2v) is 8.01. The molecule has 0 saturated heterocycles. The van der Waals surface area contributed by atoms with E-state index in [0.29, 0.717) is 33.7 Å². The van der Waals surface area contributed by atoms with E-state index in [0.717, 1.165) is 6.42 Å². The SMILES string of the molecule is CC(C)CC(C)Nc1nc(-c2ccccn2)cc(Cl)c1-c1c(F)cccc1Cl. The van der Waals surface area contributed by atoms with E-state index in [1.807, 2.05) is 18.2 Å². The molecule has 28 heavy (non-hydrogen) atoms. The average molecular weight is 418 g/mol. The zero-order valence-electron chi connectivity index (χ0n) is 16.0. The van der Waals surface area contributed by atoms with Crippen molar-refractivity contribution in [2.24, 2.45) is 5.92 Å². The van der Waals surface area contributed by atoms with E-state index in [1.165, 1.54) is 6.07 Å². The summed E-state index contributed by atoms with van der Waals surface area (Å²) in [5, 5.41) is 4.05. The molecule has 6 heteroatoms. The van der Waals surface area contributed by atoms with Crippen molar-refractivity contribution in [1.29, 1.82) is 0 Å². The van der Waals surface area contributed by atoms with Crippen LogP contribution in [0, 0.1) is 11.7 Å². The Morgan fingerprint density at radius 2 is 1.75 bits per heavy atom. The van der Waals surface area contributed by atoms with Gasteiger partial charge in [-0.3, -0.25) is 4.98 Å². The van der Waals surface area contributed by atoms with Crippen LogP contribution in [0.1, 0.15) is 27.2 Å². The Morgan fingerprint density at radius 1 is 0.964 bits per heavy atom. The van der Waals surface area contributed by atoms with Gasteiger partial charge in [-0.05, 0) is 49.6 Å². The third-order valence-electron chi connectivity index (χ3n) is 4.32. The number of hydrogen-bond donors (Lipinski definition) is 1.